The Bertz CT molecular complexity index is 806. The van der Waals surface area contributed by atoms with Crippen LogP contribution in [-0.4, -0.2) is 12.1 Å². The second kappa shape index (κ2) is 6.34. The van der Waals surface area contributed by atoms with Crippen molar-refractivity contribution >= 4 is 33.8 Å². The summed E-state index contributed by atoms with van der Waals surface area (Å²) in [5.74, 6) is 0.258. The summed E-state index contributed by atoms with van der Waals surface area (Å²) in [7, 11) is 1.55. The summed E-state index contributed by atoms with van der Waals surface area (Å²) in [6.07, 6.45) is 0. The molecule has 0 aliphatic rings. The van der Waals surface area contributed by atoms with Crippen LogP contribution >= 0.6 is 22.9 Å². The third kappa shape index (κ3) is 3.21. The van der Waals surface area contributed by atoms with Crippen molar-refractivity contribution in [2.45, 2.75) is 0 Å². The monoisotopic (exact) mass is 334 g/mol. The Labute approximate surface area is 136 Å². The van der Waals surface area contributed by atoms with Gasteiger partial charge in [0.05, 0.1) is 12.8 Å². The Morgan fingerprint density at radius 3 is 2.86 bits per heavy atom. The third-order valence-corrected chi connectivity index (χ3v) is 4.01. The normalized spacial score (nSPS) is 10.5. The van der Waals surface area contributed by atoms with Crippen LogP contribution in [0.3, 0.4) is 0 Å². The number of thiazole rings is 1. The molecule has 1 heterocycles. The third-order valence-electron chi connectivity index (χ3n) is 3.02. The van der Waals surface area contributed by atoms with Gasteiger partial charge in [0.1, 0.15) is 11.6 Å². The van der Waals surface area contributed by atoms with Crippen molar-refractivity contribution in [1.29, 1.82) is 0 Å². The number of aromatic nitrogens is 1. The van der Waals surface area contributed by atoms with Crippen LogP contribution in [0.5, 0.6) is 5.75 Å². The highest BCUT2D eigenvalue weighted by Gasteiger charge is 2.11. The predicted molar refractivity (Wildman–Crippen MR) is 88.8 cm³/mol. The molecule has 112 valence electrons. The molecule has 0 atom stereocenters. The maximum Gasteiger partial charge on any atom is 0.187 e. The Kier molecular flexibility index (Phi) is 4.27. The average molecular weight is 335 g/mol. The quantitative estimate of drug-likeness (QED) is 0.698. The molecule has 0 aliphatic heterocycles. The lowest BCUT2D eigenvalue weighted by molar-refractivity contribution is 0.415. The Morgan fingerprint density at radius 1 is 1.23 bits per heavy atom. The van der Waals surface area contributed by atoms with Gasteiger partial charge in [-0.1, -0.05) is 17.7 Å². The minimum absolute atomic E-state index is 0.326. The first-order valence-corrected chi connectivity index (χ1v) is 7.73. The molecule has 3 nitrogen and oxygen atoms in total. The lowest BCUT2D eigenvalue weighted by Gasteiger charge is -2.06. The van der Waals surface area contributed by atoms with Gasteiger partial charge in [0, 0.05) is 21.7 Å². The van der Waals surface area contributed by atoms with Crippen molar-refractivity contribution in [3.63, 3.8) is 0 Å². The fourth-order valence-corrected chi connectivity index (χ4v) is 2.95. The summed E-state index contributed by atoms with van der Waals surface area (Å²) in [5, 5.41) is 6.37. The largest absolute Gasteiger partial charge is 0.496 e. The molecule has 1 aromatic heterocycles. The van der Waals surface area contributed by atoms with E-state index in [4.69, 9.17) is 16.3 Å². The summed E-state index contributed by atoms with van der Waals surface area (Å²) >= 11 is 7.38. The van der Waals surface area contributed by atoms with E-state index in [0.29, 0.717) is 27.2 Å². The number of methoxy groups -OCH3 is 1. The molecule has 0 radical (unpaired) electrons. The van der Waals surface area contributed by atoms with Crippen LogP contribution in [0.25, 0.3) is 11.3 Å². The molecular weight excluding hydrogens is 323 g/mol. The molecule has 1 N–H and O–H groups in total. The maximum atomic E-state index is 13.5. The van der Waals surface area contributed by atoms with Gasteiger partial charge in [0.15, 0.2) is 5.13 Å². The zero-order valence-electron chi connectivity index (χ0n) is 11.6. The van der Waals surface area contributed by atoms with Gasteiger partial charge >= 0.3 is 0 Å². The first-order chi connectivity index (χ1) is 10.7. The number of halogens is 2. The number of rotatable bonds is 4. The van der Waals surface area contributed by atoms with E-state index in [1.54, 1.807) is 19.2 Å². The fourth-order valence-electron chi connectivity index (χ4n) is 2.02. The Morgan fingerprint density at radius 2 is 2.09 bits per heavy atom. The molecule has 0 unspecified atom stereocenters. The van der Waals surface area contributed by atoms with Crippen LogP contribution in [-0.2, 0) is 0 Å². The van der Waals surface area contributed by atoms with E-state index in [2.05, 4.69) is 10.3 Å². The summed E-state index contributed by atoms with van der Waals surface area (Å²) in [6.45, 7) is 0. The number of hydrogen-bond acceptors (Lipinski definition) is 4. The number of ether oxygens (including phenoxy) is 1. The molecule has 2 aromatic carbocycles. The first kappa shape index (κ1) is 14.8. The van der Waals surface area contributed by atoms with E-state index in [1.165, 1.54) is 23.5 Å². The molecule has 0 saturated carbocycles. The second-order valence-electron chi connectivity index (χ2n) is 4.52. The first-order valence-electron chi connectivity index (χ1n) is 6.48. The van der Waals surface area contributed by atoms with Crippen molar-refractivity contribution in [2.24, 2.45) is 0 Å². The standard InChI is InChI=1S/C16H12ClFN2OS/c1-21-15-6-5-11(18)8-13(15)14-9-22-16(20-14)19-12-4-2-3-10(17)7-12/h2-9H,1H3,(H,19,20). The molecule has 0 bridgehead atoms. The number of hydrogen-bond donors (Lipinski definition) is 1. The number of benzene rings is 2. The highest BCUT2D eigenvalue weighted by atomic mass is 35.5. The second-order valence-corrected chi connectivity index (χ2v) is 5.81. The van der Waals surface area contributed by atoms with E-state index in [-0.39, 0.29) is 5.82 Å². The molecule has 0 aliphatic carbocycles. The topological polar surface area (TPSA) is 34.1 Å². The van der Waals surface area contributed by atoms with Crippen molar-refractivity contribution in [3.8, 4) is 17.0 Å². The number of anilines is 2. The zero-order chi connectivity index (χ0) is 15.5. The Hall–Kier alpha value is -2.11. The van der Waals surface area contributed by atoms with Gasteiger partial charge in [-0.2, -0.15) is 0 Å². The van der Waals surface area contributed by atoms with Gasteiger partial charge < -0.3 is 10.1 Å². The van der Waals surface area contributed by atoms with E-state index >= 15 is 0 Å². The average Bonchev–Trinajstić information content (AvgIpc) is 2.95. The van der Waals surface area contributed by atoms with Gasteiger partial charge in [-0.15, -0.1) is 11.3 Å². The molecule has 22 heavy (non-hydrogen) atoms. The molecular formula is C16H12ClFN2OS. The van der Waals surface area contributed by atoms with Gasteiger partial charge in [0.2, 0.25) is 0 Å². The maximum absolute atomic E-state index is 13.5. The molecule has 0 amide bonds. The molecule has 6 heteroatoms. The molecule has 0 spiro atoms. The van der Waals surface area contributed by atoms with Crippen molar-refractivity contribution in [2.75, 3.05) is 12.4 Å². The highest BCUT2D eigenvalue weighted by Crippen LogP contribution is 2.33. The molecule has 3 rings (SSSR count). The van der Waals surface area contributed by atoms with E-state index in [9.17, 15) is 4.39 Å². The van der Waals surface area contributed by atoms with Crippen molar-refractivity contribution < 1.29 is 9.13 Å². The van der Waals surface area contributed by atoms with Crippen LogP contribution in [0.2, 0.25) is 5.02 Å². The van der Waals surface area contributed by atoms with Gasteiger partial charge in [-0.25, -0.2) is 9.37 Å². The van der Waals surface area contributed by atoms with Crippen molar-refractivity contribution in [1.82, 2.24) is 4.98 Å². The van der Waals surface area contributed by atoms with E-state index in [0.717, 1.165) is 5.69 Å². The van der Waals surface area contributed by atoms with Crippen LogP contribution in [0, 0.1) is 5.82 Å². The van der Waals surface area contributed by atoms with E-state index < -0.39 is 0 Å². The van der Waals surface area contributed by atoms with Gasteiger partial charge in [-0.3, -0.25) is 0 Å². The number of nitrogens with zero attached hydrogens (tertiary/aromatic N) is 1. The lowest BCUT2D eigenvalue weighted by atomic mass is 10.1. The highest BCUT2D eigenvalue weighted by molar-refractivity contribution is 7.14. The smallest absolute Gasteiger partial charge is 0.187 e. The van der Waals surface area contributed by atoms with Crippen LogP contribution in [0.4, 0.5) is 15.2 Å². The summed E-state index contributed by atoms with van der Waals surface area (Å²) in [5.41, 5.74) is 2.13. The summed E-state index contributed by atoms with van der Waals surface area (Å²) < 4.78 is 18.7. The lowest BCUT2D eigenvalue weighted by Crippen LogP contribution is -1.91. The summed E-state index contributed by atoms with van der Waals surface area (Å²) in [4.78, 5) is 4.47. The van der Waals surface area contributed by atoms with Crippen LogP contribution in [0.1, 0.15) is 0 Å². The minimum atomic E-state index is -0.326. The van der Waals surface area contributed by atoms with Gasteiger partial charge in [-0.05, 0) is 36.4 Å². The summed E-state index contributed by atoms with van der Waals surface area (Å²) in [6, 6.07) is 11.7. The molecule has 3 aromatic rings. The minimum Gasteiger partial charge on any atom is -0.496 e. The SMILES string of the molecule is COc1ccc(F)cc1-c1csc(Nc2cccc(Cl)c2)n1. The number of nitrogens with one attached hydrogen (secondary N) is 1. The van der Waals surface area contributed by atoms with Crippen LogP contribution in [0.15, 0.2) is 47.8 Å². The molecule has 0 saturated heterocycles. The van der Waals surface area contributed by atoms with Gasteiger partial charge in [0.25, 0.3) is 0 Å². The van der Waals surface area contributed by atoms with E-state index in [1.807, 2.05) is 23.6 Å². The van der Waals surface area contributed by atoms with Crippen molar-refractivity contribution in [3.05, 3.63) is 58.7 Å². The fraction of sp³-hybridized carbons (Fsp3) is 0.0625. The predicted octanol–water partition coefficient (Wildman–Crippen LogP) is 5.35. The zero-order valence-corrected chi connectivity index (χ0v) is 13.2. The van der Waals surface area contributed by atoms with Crippen LogP contribution < -0.4 is 10.1 Å². The molecule has 0 fully saturated rings. The Balaban J connectivity index is 1.89.